The van der Waals surface area contributed by atoms with Gasteiger partial charge in [0.05, 0.1) is 42.0 Å². The Morgan fingerprint density at radius 3 is 2.26 bits per heavy atom. The van der Waals surface area contributed by atoms with Crippen LogP contribution in [0.3, 0.4) is 0 Å². The van der Waals surface area contributed by atoms with Crippen LogP contribution in [0.5, 0.6) is 5.75 Å². The van der Waals surface area contributed by atoms with Crippen molar-refractivity contribution in [2.45, 2.75) is 44.6 Å². The van der Waals surface area contributed by atoms with Gasteiger partial charge in [-0.3, -0.25) is 34.1 Å². The molecule has 74 heavy (non-hydrogen) atoms. The minimum absolute atomic E-state index is 0.0893. The third-order valence-electron chi connectivity index (χ3n) is 15.5. The Morgan fingerprint density at radius 1 is 0.797 bits per heavy atom. The summed E-state index contributed by atoms with van der Waals surface area (Å²) in [6.07, 6.45) is 9.88. The van der Waals surface area contributed by atoms with Crippen LogP contribution in [0.1, 0.15) is 59.2 Å². The minimum Gasteiger partial charge on any atom is -0.494 e. The van der Waals surface area contributed by atoms with Crippen LogP contribution >= 0.6 is 18.7 Å². The first-order valence-corrected chi connectivity index (χ1v) is 28.2. The van der Waals surface area contributed by atoms with Gasteiger partial charge in [0.2, 0.25) is 17.8 Å². The lowest BCUT2D eigenvalue weighted by atomic mass is 9.71. The molecule has 7 heterocycles. The number of likely N-dealkylation sites (tertiary alicyclic amines) is 1. The number of aryl methyl sites for hydroxylation is 1. The van der Waals surface area contributed by atoms with Crippen molar-refractivity contribution in [1.82, 2.24) is 34.9 Å². The van der Waals surface area contributed by atoms with Gasteiger partial charge in [0.15, 0.2) is 5.82 Å². The van der Waals surface area contributed by atoms with Crippen molar-refractivity contribution in [2.75, 3.05) is 86.7 Å². The molecule has 2 aromatic heterocycles. The number of imide groups is 2. The van der Waals surface area contributed by atoms with Crippen LogP contribution in [0.4, 0.5) is 34.5 Å². The van der Waals surface area contributed by atoms with Crippen molar-refractivity contribution < 1.29 is 28.5 Å². The van der Waals surface area contributed by atoms with E-state index >= 15 is 0 Å². The Labute approximate surface area is 435 Å². The lowest BCUT2D eigenvalue weighted by Crippen LogP contribution is -2.61. The van der Waals surface area contributed by atoms with Gasteiger partial charge in [0, 0.05) is 99.4 Å². The summed E-state index contributed by atoms with van der Waals surface area (Å²) in [5.41, 5.74) is 8.17. The summed E-state index contributed by atoms with van der Waals surface area (Å²) in [5.74, 6) is -0.0948. The Balaban J connectivity index is 0.724. The van der Waals surface area contributed by atoms with E-state index in [0.717, 1.165) is 110 Å². The van der Waals surface area contributed by atoms with Gasteiger partial charge in [-0.05, 0) is 104 Å². The molecule has 5 aliphatic heterocycles. The van der Waals surface area contributed by atoms with Crippen LogP contribution < -0.4 is 35.8 Å². The number of amides is 4. The smallest absolute Gasteiger partial charge is 0.262 e. The number of hydrogen-bond donors (Lipinski definition) is 3. The highest BCUT2D eigenvalue weighted by atomic mass is 35.5. The maximum atomic E-state index is 13.6. The first-order chi connectivity index (χ1) is 35.6. The highest BCUT2D eigenvalue weighted by Gasteiger charge is 2.47. The van der Waals surface area contributed by atoms with E-state index in [4.69, 9.17) is 21.3 Å². The summed E-state index contributed by atoms with van der Waals surface area (Å²) >= 11 is 6.71. The average Bonchev–Trinajstić information content (AvgIpc) is 3.93. The van der Waals surface area contributed by atoms with Gasteiger partial charge >= 0.3 is 0 Å². The number of benzene rings is 4. The molecule has 5 aliphatic rings. The number of methoxy groups -OCH3 is 1. The SMILES string of the molecule is COc1cc(N2CCC3(CC2)CN(CC2CCN(c4ccc5c(c4)C(=O)N(C4CCC(=O)NC4=O)C5=O)CC2)C3)c(-c2cnn(C)c2)cc1Nc1ncc(Cl)c(Nc2ccc(-c3ccccc3)cc2P(C)(C)=O)n1. The summed E-state index contributed by atoms with van der Waals surface area (Å²) in [7, 11) is 0.836. The quantitative estimate of drug-likeness (QED) is 0.0743. The zero-order valence-corrected chi connectivity index (χ0v) is 43.6. The molecular formula is C55H59ClN11O6P. The molecule has 0 bridgehead atoms. The molecule has 4 aromatic carbocycles. The van der Waals surface area contributed by atoms with E-state index in [-0.39, 0.29) is 18.3 Å². The van der Waals surface area contributed by atoms with Crippen molar-refractivity contribution in [3.8, 4) is 28.0 Å². The number of fused-ring (bicyclic) bond motifs is 1. The van der Waals surface area contributed by atoms with E-state index in [2.05, 4.69) is 52.9 Å². The lowest BCUT2D eigenvalue weighted by molar-refractivity contribution is -0.136. The molecule has 4 amide bonds. The Kier molecular flexibility index (Phi) is 13.1. The van der Waals surface area contributed by atoms with Gasteiger partial charge in [0.1, 0.15) is 24.0 Å². The molecule has 0 radical (unpaired) electrons. The van der Waals surface area contributed by atoms with Crippen LogP contribution in [0.15, 0.2) is 97.5 Å². The first-order valence-electron chi connectivity index (χ1n) is 25.2. The van der Waals surface area contributed by atoms with E-state index in [1.807, 2.05) is 74.0 Å². The molecule has 1 spiro atoms. The molecule has 1 unspecified atom stereocenters. The third kappa shape index (κ3) is 9.64. The van der Waals surface area contributed by atoms with Gasteiger partial charge in [-0.15, -0.1) is 0 Å². The fourth-order valence-electron chi connectivity index (χ4n) is 11.5. The van der Waals surface area contributed by atoms with Gasteiger partial charge in [-0.1, -0.05) is 48.0 Å². The average molecular weight is 1040 g/mol. The predicted molar refractivity (Wildman–Crippen MR) is 288 cm³/mol. The Morgan fingerprint density at radius 2 is 1.55 bits per heavy atom. The van der Waals surface area contributed by atoms with Crippen LogP contribution in [-0.4, -0.2) is 125 Å². The van der Waals surface area contributed by atoms with Crippen LogP contribution in [0.25, 0.3) is 22.3 Å². The second-order valence-electron chi connectivity index (χ2n) is 20.8. The number of carbonyl (C=O) groups excluding carboxylic acids is 4. The highest BCUT2D eigenvalue weighted by Crippen LogP contribution is 2.47. The lowest BCUT2D eigenvalue weighted by Gasteiger charge is -2.55. The van der Waals surface area contributed by atoms with Crippen molar-refractivity contribution in [2.24, 2.45) is 18.4 Å². The molecule has 4 fully saturated rings. The number of ether oxygens (including phenoxy) is 1. The first kappa shape index (κ1) is 49.2. The Hall–Kier alpha value is -7.07. The molecule has 17 nitrogen and oxygen atoms in total. The topological polar surface area (TPSA) is 187 Å². The standard InChI is InChI=1S/C55H59ClN11O6P/c1-63-31-37(28-58-63)40-26-44(60-54-57-29-42(56)50(62-54)59-43-13-10-36(24-48(43)74(3,4)72)35-8-6-5-7-9-35)47(73-2)27-46(40)66-22-18-55(19-23-66)32-64(33-55)30-34-16-20-65(21-17-34)38-11-12-39-41(25-38)53(71)67(52(39)70)45-14-15-49(68)61-51(45)69/h5-13,24-29,31,34,45H,14-23,30,32-33H2,1-4H3,(H,61,68,69)(H2,57,59,60,62). The van der Waals surface area contributed by atoms with Crippen LogP contribution in [-0.2, 0) is 21.2 Å². The molecule has 0 aliphatic carbocycles. The summed E-state index contributed by atoms with van der Waals surface area (Å²) in [4.78, 5) is 68.7. The Bertz CT molecular complexity index is 3250. The van der Waals surface area contributed by atoms with Crippen molar-refractivity contribution in [3.05, 3.63) is 114 Å². The van der Waals surface area contributed by atoms with E-state index in [1.165, 1.54) is 0 Å². The molecule has 11 rings (SSSR count). The zero-order chi connectivity index (χ0) is 51.5. The van der Waals surface area contributed by atoms with Crippen LogP contribution in [0.2, 0.25) is 5.02 Å². The molecule has 19 heteroatoms. The molecule has 382 valence electrons. The molecule has 1 atom stereocenters. The fraction of sp³-hybridized carbons (Fsp3) is 0.364. The monoisotopic (exact) mass is 1040 g/mol. The van der Waals surface area contributed by atoms with Crippen molar-refractivity contribution in [3.63, 3.8) is 0 Å². The number of nitrogens with zero attached hydrogens (tertiary/aromatic N) is 8. The summed E-state index contributed by atoms with van der Waals surface area (Å²) in [6, 6.07) is 24.5. The van der Waals surface area contributed by atoms with Gasteiger partial charge in [0.25, 0.3) is 11.8 Å². The number of anilines is 6. The molecular weight excluding hydrogens is 977 g/mol. The van der Waals surface area contributed by atoms with E-state index in [9.17, 15) is 23.7 Å². The van der Waals surface area contributed by atoms with E-state index in [0.29, 0.717) is 56.3 Å². The van der Waals surface area contributed by atoms with Crippen molar-refractivity contribution in [1.29, 1.82) is 0 Å². The second kappa shape index (κ2) is 19.7. The molecule has 3 N–H and O–H groups in total. The fourth-order valence-corrected chi connectivity index (χ4v) is 12.8. The normalized spacial score (nSPS) is 19.1. The van der Waals surface area contributed by atoms with E-state index < -0.39 is 36.8 Å². The number of carbonyl (C=O) groups is 4. The second-order valence-corrected chi connectivity index (χ2v) is 24.4. The number of halogens is 1. The molecule has 6 aromatic rings. The summed E-state index contributed by atoms with van der Waals surface area (Å²) in [5, 5.41) is 14.6. The number of rotatable bonds is 13. The number of nitrogens with one attached hydrogen (secondary N) is 3. The molecule has 4 saturated heterocycles. The van der Waals surface area contributed by atoms with Gasteiger partial charge < -0.3 is 34.6 Å². The highest BCUT2D eigenvalue weighted by molar-refractivity contribution is 7.70. The van der Waals surface area contributed by atoms with Gasteiger partial charge in [-0.25, -0.2) is 4.98 Å². The maximum Gasteiger partial charge on any atom is 0.262 e. The number of aromatic nitrogens is 4. The summed E-state index contributed by atoms with van der Waals surface area (Å²) in [6.45, 7) is 10.3. The third-order valence-corrected chi connectivity index (χ3v) is 17.3. The number of piperidine rings is 3. The van der Waals surface area contributed by atoms with E-state index in [1.54, 1.807) is 43.5 Å². The zero-order valence-electron chi connectivity index (χ0n) is 41.9. The van der Waals surface area contributed by atoms with Gasteiger partial charge in [-0.2, -0.15) is 10.1 Å². The number of hydrogen-bond acceptors (Lipinski definition) is 14. The summed E-state index contributed by atoms with van der Waals surface area (Å²) < 4.78 is 21.5. The van der Waals surface area contributed by atoms with Crippen molar-refractivity contribution >= 4 is 82.2 Å². The predicted octanol–water partition coefficient (Wildman–Crippen LogP) is 8.16. The molecule has 0 saturated carbocycles. The largest absolute Gasteiger partial charge is 0.494 e. The maximum absolute atomic E-state index is 13.6. The van der Waals surface area contributed by atoms with Crippen LogP contribution in [0, 0.1) is 11.3 Å². The minimum atomic E-state index is -2.74.